The zero-order valence-corrected chi connectivity index (χ0v) is 15.2. The van der Waals surface area contributed by atoms with Crippen LogP contribution in [0.3, 0.4) is 0 Å². The molecule has 0 aromatic heterocycles. The van der Waals surface area contributed by atoms with E-state index in [9.17, 15) is 10.2 Å². The molecule has 0 spiro atoms. The SMILES string of the molecule is OC1=CC=CC(O)(/N=N/c2ccccc2)C1(c1ccccc1)c1ccccc1. The molecule has 1 aliphatic carbocycles. The van der Waals surface area contributed by atoms with Gasteiger partial charge in [0.05, 0.1) is 5.69 Å². The van der Waals surface area contributed by atoms with Crippen molar-refractivity contribution in [2.24, 2.45) is 10.2 Å². The van der Waals surface area contributed by atoms with Crippen LogP contribution >= 0.6 is 0 Å². The van der Waals surface area contributed by atoms with Gasteiger partial charge in [-0.3, -0.25) is 0 Å². The van der Waals surface area contributed by atoms with Gasteiger partial charge in [0.15, 0.2) is 0 Å². The van der Waals surface area contributed by atoms with Gasteiger partial charge in [-0.15, -0.1) is 5.11 Å². The lowest BCUT2D eigenvalue weighted by atomic mass is 9.64. The van der Waals surface area contributed by atoms with Crippen molar-refractivity contribution >= 4 is 5.69 Å². The van der Waals surface area contributed by atoms with E-state index < -0.39 is 11.1 Å². The minimum atomic E-state index is -1.82. The molecule has 138 valence electrons. The Labute approximate surface area is 163 Å². The molecule has 0 fully saturated rings. The minimum Gasteiger partial charge on any atom is -0.511 e. The molecule has 0 amide bonds. The molecule has 0 heterocycles. The van der Waals surface area contributed by atoms with Crippen LogP contribution < -0.4 is 0 Å². The summed E-state index contributed by atoms with van der Waals surface area (Å²) >= 11 is 0. The van der Waals surface area contributed by atoms with Gasteiger partial charge in [0.25, 0.3) is 0 Å². The number of aliphatic hydroxyl groups excluding tert-OH is 1. The van der Waals surface area contributed by atoms with Gasteiger partial charge in [-0.25, -0.2) is 0 Å². The number of benzene rings is 3. The van der Waals surface area contributed by atoms with Crippen LogP contribution in [0.5, 0.6) is 0 Å². The van der Waals surface area contributed by atoms with Crippen molar-refractivity contribution < 1.29 is 10.2 Å². The fourth-order valence-corrected chi connectivity index (χ4v) is 3.71. The molecule has 0 saturated heterocycles. The van der Waals surface area contributed by atoms with Crippen LogP contribution in [0.2, 0.25) is 0 Å². The maximum absolute atomic E-state index is 11.8. The van der Waals surface area contributed by atoms with Crippen LogP contribution in [0.25, 0.3) is 0 Å². The van der Waals surface area contributed by atoms with Crippen molar-refractivity contribution in [2.75, 3.05) is 0 Å². The number of aliphatic hydroxyl groups is 2. The molecule has 1 atom stereocenters. The third-order valence-corrected chi connectivity index (χ3v) is 5.01. The first-order valence-corrected chi connectivity index (χ1v) is 9.07. The van der Waals surface area contributed by atoms with E-state index in [4.69, 9.17) is 0 Å². The van der Waals surface area contributed by atoms with Crippen LogP contribution in [0, 0.1) is 0 Å². The first kappa shape index (κ1) is 17.9. The molecule has 4 rings (SSSR count). The Kier molecular flexibility index (Phi) is 4.63. The Bertz CT molecular complexity index is 988. The van der Waals surface area contributed by atoms with Crippen molar-refractivity contribution in [1.29, 1.82) is 0 Å². The van der Waals surface area contributed by atoms with E-state index >= 15 is 0 Å². The smallest absolute Gasteiger partial charge is 0.217 e. The summed E-state index contributed by atoms with van der Waals surface area (Å²) in [5.74, 6) is 0.00177. The molecule has 0 saturated carbocycles. The Morgan fingerprint density at radius 1 is 0.679 bits per heavy atom. The predicted molar refractivity (Wildman–Crippen MR) is 109 cm³/mol. The van der Waals surface area contributed by atoms with E-state index in [0.29, 0.717) is 16.8 Å². The fourth-order valence-electron chi connectivity index (χ4n) is 3.71. The van der Waals surface area contributed by atoms with Crippen LogP contribution in [-0.2, 0) is 5.41 Å². The number of nitrogens with zero attached hydrogens (tertiary/aromatic N) is 2. The normalized spacial score (nSPS) is 20.8. The lowest BCUT2D eigenvalue weighted by molar-refractivity contribution is 0.0204. The fraction of sp³-hybridized carbons (Fsp3) is 0.0833. The van der Waals surface area contributed by atoms with Gasteiger partial charge in [0.2, 0.25) is 5.72 Å². The van der Waals surface area contributed by atoms with E-state index in [1.807, 2.05) is 91.0 Å². The Balaban J connectivity index is 1.97. The molecule has 4 nitrogen and oxygen atoms in total. The van der Waals surface area contributed by atoms with Gasteiger partial charge in [-0.2, -0.15) is 5.11 Å². The summed E-state index contributed by atoms with van der Waals surface area (Å²) in [5.41, 5.74) is -1.08. The number of hydrogen-bond acceptors (Lipinski definition) is 4. The number of allylic oxidation sites excluding steroid dienone is 2. The molecule has 1 aliphatic rings. The highest BCUT2D eigenvalue weighted by atomic mass is 16.3. The van der Waals surface area contributed by atoms with Crippen molar-refractivity contribution in [3.63, 3.8) is 0 Å². The van der Waals surface area contributed by atoms with Crippen LogP contribution in [0.15, 0.2) is 125 Å². The molecule has 1 unspecified atom stereocenters. The Morgan fingerprint density at radius 3 is 1.71 bits per heavy atom. The van der Waals surface area contributed by atoms with E-state index in [1.54, 1.807) is 18.2 Å². The van der Waals surface area contributed by atoms with E-state index in [1.165, 1.54) is 0 Å². The summed E-state index contributed by atoms with van der Waals surface area (Å²) in [6, 6.07) is 28.0. The summed E-state index contributed by atoms with van der Waals surface area (Å²) in [6.07, 6.45) is 4.76. The minimum absolute atomic E-state index is 0.00177. The second-order valence-electron chi connectivity index (χ2n) is 6.65. The highest BCUT2D eigenvalue weighted by Gasteiger charge is 2.56. The third-order valence-electron chi connectivity index (χ3n) is 5.01. The van der Waals surface area contributed by atoms with Gasteiger partial charge >= 0.3 is 0 Å². The molecule has 2 N–H and O–H groups in total. The molecule has 4 heteroatoms. The Hall–Kier alpha value is -3.50. The average molecular weight is 368 g/mol. The van der Waals surface area contributed by atoms with Gasteiger partial charge in [-0.1, -0.05) is 84.9 Å². The van der Waals surface area contributed by atoms with Gasteiger partial charge in [-0.05, 0) is 35.4 Å². The summed E-state index contributed by atoms with van der Waals surface area (Å²) in [5, 5.41) is 31.5. The second-order valence-corrected chi connectivity index (χ2v) is 6.65. The first-order valence-electron chi connectivity index (χ1n) is 9.07. The molecular formula is C24H20N2O2. The summed E-state index contributed by atoms with van der Waals surface area (Å²) < 4.78 is 0. The lowest BCUT2D eigenvalue weighted by Crippen LogP contribution is -2.52. The number of azo groups is 1. The summed E-state index contributed by atoms with van der Waals surface area (Å²) in [4.78, 5) is 0. The van der Waals surface area contributed by atoms with Crippen molar-refractivity contribution in [1.82, 2.24) is 0 Å². The van der Waals surface area contributed by atoms with E-state index in [-0.39, 0.29) is 5.76 Å². The summed E-state index contributed by atoms with van der Waals surface area (Å²) in [7, 11) is 0. The Morgan fingerprint density at radius 2 is 1.18 bits per heavy atom. The van der Waals surface area contributed by atoms with Gasteiger partial charge in [0, 0.05) is 0 Å². The number of hydrogen-bond donors (Lipinski definition) is 2. The topological polar surface area (TPSA) is 65.2 Å². The largest absolute Gasteiger partial charge is 0.511 e. The molecule has 28 heavy (non-hydrogen) atoms. The molecule has 3 aromatic carbocycles. The highest BCUT2D eigenvalue weighted by molar-refractivity contribution is 5.55. The average Bonchev–Trinajstić information content (AvgIpc) is 2.75. The number of rotatable bonds is 4. The van der Waals surface area contributed by atoms with Crippen molar-refractivity contribution in [2.45, 2.75) is 11.1 Å². The maximum Gasteiger partial charge on any atom is 0.217 e. The third kappa shape index (κ3) is 2.84. The first-order chi connectivity index (χ1) is 13.7. The van der Waals surface area contributed by atoms with Crippen molar-refractivity contribution in [3.05, 3.63) is 126 Å². The molecule has 0 radical (unpaired) electrons. The molecular weight excluding hydrogens is 348 g/mol. The van der Waals surface area contributed by atoms with Gasteiger partial charge < -0.3 is 10.2 Å². The zero-order valence-electron chi connectivity index (χ0n) is 15.2. The highest BCUT2D eigenvalue weighted by Crippen LogP contribution is 2.50. The molecule has 0 aliphatic heterocycles. The second kappa shape index (κ2) is 7.25. The predicted octanol–water partition coefficient (Wildman–Crippen LogP) is 5.46. The summed E-state index contributed by atoms with van der Waals surface area (Å²) in [6.45, 7) is 0. The van der Waals surface area contributed by atoms with E-state index in [2.05, 4.69) is 10.2 Å². The monoisotopic (exact) mass is 368 g/mol. The quantitative estimate of drug-likeness (QED) is 0.601. The molecule has 3 aromatic rings. The van der Waals surface area contributed by atoms with Crippen LogP contribution in [0.4, 0.5) is 5.69 Å². The zero-order chi connectivity index (χ0) is 19.5. The molecule has 0 bridgehead atoms. The van der Waals surface area contributed by atoms with Crippen LogP contribution in [-0.4, -0.2) is 15.9 Å². The van der Waals surface area contributed by atoms with Crippen LogP contribution in [0.1, 0.15) is 11.1 Å². The van der Waals surface area contributed by atoms with E-state index in [0.717, 1.165) is 0 Å². The maximum atomic E-state index is 11.8. The van der Waals surface area contributed by atoms with Gasteiger partial charge in [0.1, 0.15) is 11.2 Å². The standard InChI is InChI=1S/C24H20N2O2/c27-22-17-10-18-23(28,26-25-21-15-8-3-9-16-21)24(22,19-11-4-1-5-12-19)20-13-6-2-7-14-20/h1-18,27-28H/b26-25+. The lowest BCUT2D eigenvalue weighted by Gasteiger charge is -2.44. The van der Waals surface area contributed by atoms with Crippen molar-refractivity contribution in [3.8, 4) is 0 Å².